The molecule has 0 aromatic heterocycles. The summed E-state index contributed by atoms with van der Waals surface area (Å²) in [4.78, 5) is 14.1. The summed E-state index contributed by atoms with van der Waals surface area (Å²) < 4.78 is 0. The summed E-state index contributed by atoms with van der Waals surface area (Å²) in [5.41, 5.74) is 7.93. The van der Waals surface area contributed by atoms with E-state index in [1.807, 2.05) is 6.07 Å². The van der Waals surface area contributed by atoms with Gasteiger partial charge in [-0.1, -0.05) is 31.2 Å². The van der Waals surface area contributed by atoms with Crippen LogP contribution in [0.2, 0.25) is 0 Å². The summed E-state index contributed by atoms with van der Waals surface area (Å²) in [6, 6.07) is 8.38. The average Bonchev–Trinajstić information content (AvgIpc) is 2.47. The van der Waals surface area contributed by atoms with E-state index in [2.05, 4.69) is 35.3 Å². The lowest BCUT2D eigenvalue weighted by Gasteiger charge is -2.31. The number of hydrogen-bond acceptors (Lipinski definition) is 3. The van der Waals surface area contributed by atoms with Crippen LogP contribution in [0.3, 0.4) is 0 Å². The Hall–Kier alpha value is -1.10. The van der Waals surface area contributed by atoms with Crippen LogP contribution in [0.15, 0.2) is 24.3 Å². The quantitative estimate of drug-likeness (QED) is 0.843. The van der Waals surface area contributed by atoms with Gasteiger partial charge < -0.3 is 11.1 Å². The highest BCUT2D eigenvalue weighted by atomic mass is 35.5. The van der Waals surface area contributed by atoms with Crippen molar-refractivity contribution in [1.82, 2.24) is 10.2 Å². The minimum atomic E-state index is 0. The summed E-state index contributed by atoms with van der Waals surface area (Å²) in [5.74, 6) is 0.814. The first-order chi connectivity index (χ1) is 10.2. The van der Waals surface area contributed by atoms with E-state index in [1.54, 1.807) is 0 Å². The first-order valence-corrected chi connectivity index (χ1v) is 7.95. The lowest BCUT2D eigenvalue weighted by molar-refractivity contribution is -0.121. The first kappa shape index (κ1) is 18.9. The molecule has 124 valence electrons. The predicted molar refractivity (Wildman–Crippen MR) is 92.9 cm³/mol. The maximum Gasteiger partial charge on any atom is 0.221 e. The molecule has 1 heterocycles. The third kappa shape index (κ3) is 5.95. The molecule has 0 saturated carbocycles. The Morgan fingerprint density at radius 1 is 1.36 bits per heavy atom. The second-order valence-electron chi connectivity index (χ2n) is 6.07. The second kappa shape index (κ2) is 9.82. The van der Waals surface area contributed by atoms with Gasteiger partial charge in [0.2, 0.25) is 5.91 Å². The lowest BCUT2D eigenvalue weighted by atomic mass is 9.99. The van der Waals surface area contributed by atoms with Crippen LogP contribution in [0.4, 0.5) is 0 Å². The smallest absolute Gasteiger partial charge is 0.221 e. The highest BCUT2D eigenvalue weighted by molar-refractivity contribution is 5.85. The molecule has 1 fully saturated rings. The summed E-state index contributed by atoms with van der Waals surface area (Å²) in [5, 5.41) is 2.95. The van der Waals surface area contributed by atoms with E-state index in [9.17, 15) is 4.79 Å². The largest absolute Gasteiger partial charge is 0.352 e. The van der Waals surface area contributed by atoms with Gasteiger partial charge >= 0.3 is 0 Å². The molecule has 4 nitrogen and oxygen atoms in total. The van der Waals surface area contributed by atoms with Gasteiger partial charge in [0.05, 0.1) is 0 Å². The fourth-order valence-corrected chi connectivity index (χ4v) is 2.97. The van der Waals surface area contributed by atoms with E-state index < -0.39 is 0 Å². The molecule has 0 spiro atoms. The van der Waals surface area contributed by atoms with Crippen molar-refractivity contribution in [1.29, 1.82) is 0 Å². The summed E-state index contributed by atoms with van der Waals surface area (Å²) >= 11 is 0. The maximum atomic E-state index is 11.6. The van der Waals surface area contributed by atoms with Crippen molar-refractivity contribution in [3.05, 3.63) is 35.4 Å². The van der Waals surface area contributed by atoms with E-state index in [-0.39, 0.29) is 18.3 Å². The molecule has 1 amide bonds. The number of halogens is 1. The standard InChI is InChI=1S/C17H27N3O.ClH/c1-14-5-4-10-20(12-14)13-16-7-3-2-6-15(16)11-19-17(21)8-9-18;/h2-3,6-7,14H,4-5,8-13,18H2,1H3,(H,19,21);1H. The van der Waals surface area contributed by atoms with E-state index in [0.29, 0.717) is 19.5 Å². The molecular formula is C17H28ClN3O. The Morgan fingerprint density at radius 2 is 2.09 bits per heavy atom. The molecule has 1 aliphatic heterocycles. The summed E-state index contributed by atoms with van der Waals surface area (Å²) in [6.07, 6.45) is 3.02. The summed E-state index contributed by atoms with van der Waals surface area (Å²) in [6.45, 7) is 6.65. The SMILES string of the molecule is CC1CCCN(Cc2ccccc2CNC(=O)CCN)C1.Cl. The van der Waals surface area contributed by atoms with Gasteiger partial charge in [-0.05, 0) is 36.4 Å². The van der Waals surface area contributed by atoms with Crippen molar-refractivity contribution < 1.29 is 4.79 Å². The van der Waals surface area contributed by atoms with Crippen LogP contribution in [-0.2, 0) is 17.9 Å². The highest BCUT2D eigenvalue weighted by Gasteiger charge is 2.17. The number of carbonyl (C=O) groups is 1. The Morgan fingerprint density at radius 3 is 2.77 bits per heavy atom. The van der Waals surface area contributed by atoms with Gasteiger partial charge in [-0.15, -0.1) is 12.4 Å². The molecule has 5 heteroatoms. The molecule has 1 unspecified atom stereocenters. The zero-order valence-corrected chi connectivity index (χ0v) is 14.2. The number of hydrogen-bond donors (Lipinski definition) is 2. The monoisotopic (exact) mass is 325 g/mol. The number of nitrogens with two attached hydrogens (primary N) is 1. The van der Waals surface area contributed by atoms with E-state index in [0.717, 1.165) is 12.5 Å². The van der Waals surface area contributed by atoms with Crippen LogP contribution in [0.25, 0.3) is 0 Å². The van der Waals surface area contributed by atoms with Gasteiger partial charge in [-0.3, -0.25) is 9.69 Å². The molecule has 2 rings (SSSR count). The van der Waals surface area contributed by atoms with E-state index >= 15 is 0 Å². The van der Waals surface area contributed by atoms with Crippen molar-refractivity contribution in [2.75, 3.05) is 19.6 Å². The van der Waals surface area contributed by atoms with E-state index in [4.69, 9.17) is 5.73 Å². The van der Waals surface area contributed by atoms with Crippen molar-refractivity contribution in [2.24, 2.45) is 11.7 Å². The number of amides is 1. The number of nitrogens with one attached hydrogen (secondary N) is 1. The molecule has 1 aliphatic rings. The summed E-state index contributed by atoms with van der Waals surface area (Å²) in [7, 11) is 0. The van der Waals surface area contributed by atoms with Gasteiger partial charge in [0.25, 0.3) is 0 Å². The molecule has 22 heavy (non-hydrogen) atoms. The van der Waals surface area contributed by atoms with Crippen LogP contribution >= 0.6 is 12.4 Å². The Kier molecular flexibility index (Phi) is 8.46. The van der Waals surface area contributed by atoms with Gasteiger partial charge in [0, 0.05) is 32.6 Å². The molecule has 1 atom stereocenters. The fourth-order valence-electron chi connectivity index (χ4n) is 2.97. The Balaban J connectivity index is 0.00000242. The minimum Gasteiger partial charge on any atom is -0.352 e. The predicted octanol–water partition coefficient (Wildman–Crippen LogP) is 2.31. The number of nitrogens with zero attached hydrogens (tertiary/aromatic N) is 1. The average molecular weight is 326 g/mol. The fraction of sp³-hybridized carbons (Fsp3) is 0.588. The Bertz CT molecular complexity index is 467. The van der Waals surface area contributed by atoms with Gasteiger partial charge in [-0.25, -0.2) is 0 Å². The molecule has 1 aromatic carbocycles. The van der Waals surface area contributed by atoms with Gasteiger partial charge in [0.1, 0.15) is 0 Å². The maximum absolute atomic E-state index is 11.6. The Labute approximate surface area is 139 Å². The first-order valence-electron chi connectivity index (χ1n) is 7.95. The van der Waals surface area contributed by atoms with Gasteiger partial charge in [0.15, 0.2) is 0 Å². The highest BCUT2D eigenvalue weighted by Crippen LogP contribution is 2.19. The van der Waals surface area contributed by atoms with Crippen molar-refractivity contribution in [2.45, 2.75) is 39.3 Å². The second-order valence-corrected chi connectivity index (χ2v) is 6.07. The normalized spacial score (nSPS) is 18.5. The number of rotatable bonds is 6. The van der Waals surface area contributed by atoms with Crippen LogP contribution in [0.5, 0.6) is 0 Å². The van der Waals surface area contributed by atoms with Crippen LogP contribution in [0, 0.1) is 5.92 Å². The van der Waals surface area contributed by atoms with Crippen LogP contribution < -0.4 is 11.1 Å². The molecule has 3 N–H and O–H groups in total. The number of benzene rings is 1. The molecule has 0 radical (unpaired) electrons. The topological polar surface area (TPSA) is 58.4 Å². The molecular weight excluding hydrogens is 298 g/mol. The van der Waals surface area contributed by atoms with Crippen molar-refractivity contribution in [3.63, 3.8) is 0 Å². The molecule has 0 bridgehead atoms. The van der Waals surface area contributed by atoms with Crippen molar-refractivity contribution >= 4 is 18.3 Å². The third-order valence-corrected chi connectivity index (χ3v) is 4.10. The molecule has 1 saturated heterocycles. The number of likely N-dealkylation sites (tertiary alicyclic amines) is 1. The van der Waals surface area contributed by atoms with Crippen molar-refractivity contribution in [3.8, 4) is 0 Å². The number of carbonyl (C=O) groups excluding carboxylic acids is 1. The number of piperidine rings is 1. The van der Waals surface area contributed by atoms with Gasteiger partial charge in [-0.2, -0.15) is 0 Å². The van der Waals surface area contributed by atoms with Crippen LogP contribution in [-0.4, -0.2) is 30.4 Å². The minimum absolute atomic E-state index is 0. The zero-order valence-electron chi connectivity index (χ0n) is 13.4. The third-order valence-electron chi connectivity index (χ3n) is 4.10. The zero-order chi connectivity index (χ0) is 15.1. The molecule has 1 aromatic rings. The van der Waals surface area contributed by atoms with Crippen LogP contribution in [0.1, 0.15) is 37.3 Å². The lowest BCUT2D eigenvalue weighted by Crippen LogP contribution is -2.34. The van der Waals surface area contributed by atoms with E-state index in [1.165, 1.54) is 37.1 Å². The molecule has 0 aliphatic carbocycles.